The van der Waals surface area contributed by atoms with Gasteiger partial charge in [-0.3, -0.25) is 23.4 Å². The summed E-state index contributed by atoms with van der Waals surface area (Å²) >= 11 is 0. The van der Waals surface area contributed by atoms with Crippen LogP contribution >= 0.6 is 7.82 Å². The van der Waals surface area contributed by atoms with E-state index < -0.39 is 57.8 Å². The van der Waals surface area contributed by atoms with Crippen molar-refractivity contribution in [2.75, 3.05) is 26.4 Å². The Labute approximate surface area is 498 Å². The first-order valence-corrected chi connectivity index (χ1v) is 32.9. The Balaban J connectivity index is 4.85. The molecule has 3 atom stereocenters. The zero-order chi connectivity index (χ0) is 59.8. The molecule has 0 aromatic rings. The average Bonchev–Trinajstić information content (AvgIpc) is 3.50. The van der Waals surface area contributed by atoms with Crippen LogP contribution in [0.2, 0.25) is 0 Å². The predicted octanol–water partition coefficient (Wildman–Crippen LogP) is 19.3. The molecule has 82 heavy (non-hydrogen) atoms. The van der Waals surface area contributed by atoms with Gasteiger partial charge in [-0.15, -0.1) is 0 Å². The molecule has 12 heteroatoms. The smallest absolute Gasteiger partial charge is 0.462 e. The number of hydrogen-bond acceptors (Lipinski definition) is 10. The number of phosphoric acid groups is 1. The largest absolute Gasteiger partial charge is 0.472 e. The van der Waals surface area contributed by atoms with Crippen molar-refractivity contribution in [2.45, 2.75) is 238 Å². The van der Waals surface area contributed by atoms with Crippen LogP contribution in [0.5, 0.6) is 0 Å². The maximum Gasteiger partial charge on any atom is 0.472 e. The van der Waals surface area contributed by atoms with Gasteiger partial charge in [0.2, 0.25) is 0 Å². The second-order valence-electron chi connectivity index (χ2n) is 20.1. The average molecular weight is 1160 g/mol. The first kappa shape index (κ1) is 77.1. The summed E-state index contributed by atoms with van der Waals surface area (Å²) in [6.07, 6.45) is 81.9. The summed E-state index contributed by atoms with van der Waals surface area (Å²) in [5, 5.41) is 9.85. The van der Waals surface area contributed by atoms with E-state index in [1.165, 1.54) is 0 Å². The molecule has 0 aliphatic carbocycles. The molecule has 0 aromatic carbocycles. The molecule has 0 saturated carbocycles. The standard InChI is InChI=1S/C70H111O11P/c1-4-7-10-13-16-19-22-25-28-31-33-36-38-41-44-47-50-53-56-59-68(72)77-63-67(81-70(74)61-58-55-52-49-46-43-40-37-34-32-29-26-23-20-17-14-11-8-5-2)65-79-82(75,76)78-64-66(62-71)80-69(73)60-57-54-51-48-45-42-39-35-30-27-24-21-18-15-12-9-6-3/h7-12,16-21,25-30,33-34,36-37,39,42-43,46,66-67,71H,4-6,13-15,22-24,31-32,35,38,40-41,44-45,47-65H2,1-3H3,(H,75,76)/b10-7-,11-8-,12-9-,19-16-,20-17-,21-18-,28-25-,29-26-,30-27-,36-33-,37-34-,42-39-,46-43-. The number of unbranched alkanes of at least 4 members (excludes halogenated alkanes) is 13. The Morgan fingerprint density at radius 3 is 0.927 bits per heavy atom. The van der Waals surface area contributed by atoms with E-state index in [-0.39, 0.29) is 25.9 Å². The first-order valence-electron chi connectivity index (χ1n) is 31.4. The molecule has 0 fully saturated rings. The first-order chi connectivity index (χ1) is 40.2. The second-order valence-corrected chi connectivity index (χ2v) is 21.5. The molecule has 462 valence electrons. The van der Waals surface area contributed by atoms with Crippen molar-refractivity contribution < 1.29 is 52.2 Å². The van der Waals surface area contributed by atoms with E-state index in [9.17, 15) is 28.9 Å². The molecule has 0 rings (SSSR count). The van der Waals surface area contributed by atoms with Crippen molar-refractivity contribution in [2.24, 2.45) is 0 Å². The number of esters is 3. The van der Waals surface area contributed by atoms with Gasteiger partial charge >= 0.3 is 25.7 Å². The van der Waals surface area contributed by atoms with Gasteiger partial charge in [0.1, 0.15) is 12.7 Å². The Morgan fingerprint density at radius 1 is 0.341 bits per heavy atom. The van der Waals surface area contributed by atoms with E-state index in [1.807, 2.05) is 0 Å². The molecule has 11 nitrogen and oxygen atoms in total. The third-order valence-electron chi connectivity index (χ3n) is 12.4. The highest BCUT2D eigenvalue weighted by molar-refractivity contribution is 7.47. The molecule has 0 amide bonds. The van der Waals surface area contributed by atoms with E-state index in [4.69, 9.17) is 23.3 Å². The zero-order valence-corrected chi connectivity index (χ0v) is 52.0. The number of phosphoric ester groups is 1. The molecular formula is C70H111O11P. The Hall–Kier alpha value is -4.90. The summed E-state index contributed by atoms with van der Waals surface area (Å²) in [5.41, 5.74) is 0. The van der Waals surface area contributed by atoms with Crippen molar-refractivity contribution in [1.29, 1.82) is 0 Å². The number of ether oxygens (including phenoxy) is 3. The lowest BCUT2D eigenvalue weighted by Gasteiger charge is -2.21. The molecule has 2 N–H and O–H groups in total. The molecule has 0 aliphatic rings. The highest BCUT2D eigenvalue weighted by Gasteiger charge is 2.28. The normalized spacial score (nSPS) is 14.4. The Morgan fingerprint density at radius 2 is 0.598 bits per heavy atom. The number of hydrogen-bond donors (Lipinski definition) is 2. The molecule has 0 saturated heterocycles. The third kappa shape index (κ3) is 59.7. The highest BCUT2D eigenvalue weighted by Crippen LogP contribution is 2.43. The van der Waals surface area contributed by atoms with Crippen LogP contribution in [0, 0.1) is 0 Å². The summed E-state index contributed by atoms with van der Waals surface area (Å²) in [5.74, 6) is -1.56. The van der Waals surface area contributed by atoms with Crippen LogP contribution in [0.3, 0.4) is 0 Å². The van der Waals surface area contributed by atoms with E-state index in [0.29, 0.717) is 19.3 Å². The predicted molar refractivity (Wildman–Crippen MR) is 343 cm³/mol. The summed E-state index contributed by atoms with van der Waals surface area (Å²) in [6, 6.07) is 0. The molecule has 3 unspecified atom stereocenters. The number of allylic oxidation sites excluding steroid dienone is 26. The van der Waals surface area contributed by atoms with Crippen LogP contribution in [-0.4, -0.2) is 66.5 Å². The number of carbonyl (C=O) groups is 3. The minimum absolute atomic E-state index is 0.114. The fourth-order valence-electron chi connectivity index (χ4n) is 7.78. The minimum atomic E-state index is -4.79. The Bertz CT molecular complexity index is 1980. The molecule has 0 radical (unpaired) electrons. The number of aliphatic hydroxyl groups excluding tert-OH is 1. The zero-order valence-electron chi connectivity index (χ0n) is 51.1. The number of carbonyl (C=O) groups excluding carboxylic acids is 3. The number of rotatable bonds is 56. The van der Waals surface area contributed by atoms with E-state index in [2.05, 4.69) is 179 Å². The SMILES string of the molecule is CC/C=C\C/C=C\C/C=C\C/C=C\C/C=C\CCCCCC(=O)OC(COC(=O)CCCCCCCC/C=C\C/C=C\C/C=C\C/C=C\CC)COP(=O)(O)OCC(CO)OC(=O)CCCCCC/C=C\C/C=C\C/C=C\C/C=C\CC. The maximum absolute atomic E-state index is 13.0. The fourth-order valence-corrected chi connectivity index (χ4v) is 8.56. The summed E-state index contributed by atoms with van der Waals surface area (Å²) in [4.78, 5) is 48.8. The summed E-state index contributed by atoms with van der Waals surface area (Å²) in [7, 11) is -4.79. The van der Waals surface area contributed by atoms with Crippen LogP contribution in [-0.2, 0) is 42.2 Å². The molecule has 0 bridgehead atoms. The van der Waals surface area contributed by atoms with Crippen LogP contribution < -0.4 is 0 Å². The van der Waals surface area contributed by atoms with Gasteiger partial charge in [0.25, 0.3) is 0 Å². The lowest BCUT2D eigenvalue weighted by atomic mass is 10.1. The molecule has 0 aromatic heterocycles. The van der Waals surface area contributed by atoms with Crippen molar-refractivity contribution >= 4 is 25.7 Å². The topological polar surface area (TPSA) is 155 Å². The van der Waals surface area contributed by atoms with Gasteiger partial charge in [-0.25, -0.2) is 4.57 Å². The molecular weight excluding hydrogens is 1050 g/mol. The van der Waals surface area contributed by atoms with Crippen LogP contribution in [0.15, 0.2) is 158 Å². The third-order valence-corrected chi connectivity index (χ3v) is 13.4. The van der Waals surface area contributed by atoms with Gasteiger partial charge in [0, 0.05) is 19.3 Å². The second kappa shape index (κ2) is 62.2. The monoisotopic (exact) mass is 1160 g/mol. The van der Waals surface area contributed by atoms with Crippen LogP contribution in [0.4, 0.5) is 0 Å². The quantitative estimate of drug-likeness (QED) is 0.0197. The maximum atomic E-state index is 13.0. The fraction of sp³-hybridized carbons (Fsp3) is 0.586. The molecule has 0 heterocycles. The minimum Gasteiger partial charge on any atom is -0.462 e. The van der Waals surface area contributed by atoms with Gasteiger partial charge in [0.15, 0.2) is 6.10 Å². The van der Waals surface area contributed by atoms with Crippen molar-refractivity contribution in [3.63, 3.8) is 0 Å². The summed E-state index contributed by atoms with van der Waals surface area (Å²) < 4.78 is 39.6. The number of aliphatic hydroxyl groups is 1. The van der Waals surface area contributed by atoms with Crippen molar-refractivity contribution in [3.8, 4) is 0 Å². The van der Waals surface area contributed by atoms with Crippen LogP contribution in [0.25, 0.3) is 0 Å². The highest BCUT2D eigenvalue weighted by atomic mass is 31.2. The van der Waals surface area contributed by atoms with Gasteiger partial charge in [0.05, 0.1) is 19.8 Å². The molecule has 0 aliphatic heterocycles. The van der Waals surface area contributed by atoms with Gasteiger partial charge in [-0.1, -0.05) is 224 Å². The molecule has 0 spiro atoms. The van der Waals surface area contributed by atoms with Crippen molar-refractivity contribution in [1.82, 2.24) is 0 Å². The van der Waals surface area contributed by atoms with E-state index >= 15 is 0 Å². The van der Waals surface area contributed by atoms with Gasteiger partial charge in [-0.2, -0.15) is 0 Å². The Kier molecular flexibility index (Phi) is 58.4. The summed E-state index contributed by atoms with van der Waals surface area (Å²) in [6.45, 7) is 4.21. The van der Waals surface area contributed by atoms with Crippen LogP contribution in [0.1, 0.15) is 226 Å². The van der Waals surface area contributed by atoms with Gasteiger partial charge < -0.3 is 24.2 Å². The van der Waals surface area contributed by atoms with E-state index in [0.717, 1.165) is 167 Å². The lowest BCUT2D eigenvalue weighted by molar-refractivity contribution is -0.161. The van der Waals surface area contributed by atoms with Crippen molar-refractivity contribution in [3.05, 3.63) is 158 Å². The lowest BCUT2D eigenvalue weighted by Crippen LogP contribution is -2.30. The van der Waals surface area contributed by atoms with Gasteiger partial charge in [-0.05, 0) is 141 Å². The van der Waals surface area contributed by atoms with E-state index in [1.54, 1.807) is 0 Å².